The Morgan fingerprint density at radius 1 is 0.848 bits per heavy atom. The second-order valence-corrected chi connectivity index (χ2v) is 20.5. The third-order valence-corrected chi connectivity index (χ3v) is 13.9. The van der Waals surface area contributed by atoms with E-state index in [9.17, 15) is 36.3 Å². The van der Waals surface area contributed by atoms with Gasteiger partial charge in [0.1, 0.15) is 6.04 Å². The standard InChI is InChI=1S/C12H21NO3S.C12H22O4S.C6H13NO2.CH4.HI.V.H/c1-11(2,3)17(15,16)9-12(13-10-14)7-5-4-6-8-12;1-11(2,3)17(15,16)9-12(10(13)14)7-5-4-6-8-12;1-6(2,3)4(7)5(8)9;;;;/h4-9H2,1-3H3;4-9H2,1-3H3,(H,13,14);4H,7H2,1-3H3,(H,8,9);1H4;1H;;/q;;;;;+1;/p-1/t;;4-;;;;/m..1..../s1/i;;;;;;1+1. The maximum atomic E-state index is 12.2. The van der Waals surface area contributed by atoms with Crippen LogP contribution in [0.4, 0.5) is 0 Å². The average Bonchev–Trinajstić information content (AvgIpc) is 2.88. The van der Waals surface area contributed by atoms with Crippen LogP contribution in [0.1, 0.15) is 134 Å². The molecule has 15 heteroatoms. The molecule has 0 aromatic rings. The normalized spacial score (nSPS) is 18.7. The zero-order chi connectivity index (χ0) is 36.8. The topological polar surface area (TPSA) is 198 Å². The number of halogens is 1. The van der Waals surface area contributed by atoms with E-state index in [0.29, 0.717) is 25.7 Å². The van der Waals surface area contributed by atoms with Crippen molar-refractivity contribution in [2.45, 2.75) is 155 Å². The SMILES string of the molecule is C.CC(C)(C)S(=O)(=O)CC1(C(=O)O)CCCCC1.CC(C)(C)S(=O)(=O)CC1(N=C=O)CCCCC1.CC(C)(C)[C@H](N)C(=O)O.[2H][V][I]. The average molecular weight is 849 g/mol. The molecule has 0 aromatic heterocycles. The van der Waals surface area contributed by atoms with Gasteiger partial charge in [0.05, 0.1) is 32.0 Å². The second-order valence-electron chi connectivity index (χ2n) is 15.1. The molecule has 4 N–H and O–H groups in total. The number of aliphatic carboxylic acids is 2. The molecule has 2 fully saturated rings. The van der Waals surface area contributed by atoms with E-state index >= 15 is 0 Å². The number of carboxylic acid groups (broad SMARTS) is 2. The summed E-state index contributed by atoms with van der Waals surface area (Å²) in [6, 6.07) is -0.766. The number of hydrogen-bond donors (Lipinski definition) is 3. The van der Waals surface area contributed by atoms with E-state index in [4.69, 9.17) is 11.7 Å². The minimum atomic E-state index is -3.38. The van der Waals surface area contributed by atoms with Gasteiger partial charge in [0.25, 0.3) is 0 Å². The first-order valence-electron chi connectivity index (χ1n) is 15.6. The summed E-state index contributed by atoms with van der Waals surface area (Å²) in [5.74, 6) is -2.15. The number of nitrogens with zero attached hydrogens (tertiary/aromatic N) is 1. The van der Waals surface area contributed by atoms with Crippen molar-refractivity contribution in [1.29, 1.82) is 0.879 Å². The number of carboxylic acids is 2. The van der Waals surface area contributed by atoms with Crippen LogP contribution in [0.2, 0.25) is 0 Å². The Kier molecular flexibility index (Phi) is 20.9. The molecule has 0 saturated heterocycles. The fourth-order valence-electron chi connectivity index (χ4n) is 4.76. The fraction of sp³-hybridized carbons (Fsp3) is 0.903. The number of aliphatic imine (C=N–C) groups is 1. The molecule has 2 saturated carbocycles. The summed E-state index contributed by atoms with van der Waals surface area (Å²) in [6.07, 6.45) is 9.47. The van der Waals surface area contributed by atoms with Gasteiger partial charge in [-0.1, -0.05) is 66.7 Å². The molecule has 0 radical (unpaired) electrons. The first-order chi connectivity index (χ1) is 20.6. The molecular formula is C31H61IN2O9S2V. The molecule has 0 amide bonds. The van der Waals surface area contributed by atoms with E-state index in [-0.39, 0.29) is 38.2 Å². The third kappa shape index (κ3) is 16.3. The molecule has 273 valence electrons. The monoisotopic (exact) mass is 848 g/mol. The second kappa shape index (κ2) is 20.2. The first-order valence-corrected chi connectivity index (χ1v) is 22.9. The molecule has 2 aliphatic carbocycles. The summed E-state index contributed by atoms with van der Waals surface area (Å²) in [6.45, 7) is 15.3. The van der Waals surface area contributed by atoms with Gasteiger partial charge in [-0.05, 0) is 72.6 Å². The number of rotatable bonds is 7. The molecule has 2 rings (SSSR count). The molecule has 0 aromatic carbocycles. The van der Waals surface area contributed by atoms with Crippen LogP contribution in [0.25, 0.3) is 0 Å². The van der Waals surface area contributed by atoms with E-state index in [0.717, 1.165) is 38.5 Å². The molecule has 0 heterocycles. The van der Waals surface area contributed by atoms with Crippen molar-refractivity contribution in [1.82, 2.24) is 0 Å². The Bertz CT molecular complexity index is 1160. The Morgan fingerprint density at radius 3 is 1.46 bits per heavy atom. The van der Waals surface area contributed by atoms with E-state index < -0.39 is 58.1 Å². The van der Waals surface area contributed by atoms with Crippen molar-refractivity contribution in [3.8, 4) is 0 Å². The molecule has 46 heavy (non-hydrogen) atoms. The van der Waals surface area contributed by atoms with E-state index in [1.165, 1.54) is 0 Å². The van der Waals surface area contributed by atoms with Crippen LogP contribution in [0.3, 0.4) is 0 Å². The van der Waals surface area contributed by atoms with E-state index in [2.05, 4.69) is 4.99 Å². The summed E-state index contributed by atoms with van der Waals surface area (Å²) in [5.41, 5.74) is 3.19. The number of hydrogen-bond acceptors (Lipinski definition) is 9. The van der Waals surface area contributed by atoms with Crippen LogP contribution in [0.15, 0.2) is 4.99 Å². The zero-order valence-corrected chi connectivity index (χ0v) is 33.7. The quantitative estimate of drug-likeness (QED) is 0.151. The van der Waals surface area contributed by atoms with Crippen molar-refractivity contribution >= 4 is 57.7 Å². The fourth-order valence-corrected chi connectivity index (χ4v) is 7.83. The van der Waals surface area contributed by atoms with Crippen LogP contribution >= 0.6 is 20.0 Å². The Labute approximate surface area is 300 Å². The maximum absolute atomic E-state index is 12.2. The van der Waals surface area contributed by atoms with Crippen molar-refractivity contribution < 1.29 is 55.3 Å². The van der Waals surface area contributed by atoms with Crippen LogP contribution in [-0.4, -0.2) is 78.5 Å². The van der Waals surface area contributed by atoms with Crippen molar-refractivity contribution in [2.75, 3.05) is 11.5 Å². The number of isocyanates is 1. The number of carbonyl (C=O) groups is 2. The Hall–Kier alpha value is -0.506. The van der Waals surface area contributed by atoms with Gasteiger partial charge in [0, 0.05) is 0 Å². The van der Waals surface area contributed by atoms with Gasteiger partial charge in [-0.3, -0.25) is 9.59 Å². The Morgan fingerprint density at radius 2 is 1.20 bits per heavy atom. The van der Waals surface area contributed by atoms with E-state index in [1.54, 1.807) is 68.4 Å². The summed E-state index contributed by atoms with van der Waals surface area (Å²) >= 11 is 1.96. The van der Waals surface area contributed by atoms with E-state index in [1.807, 2.05) is 20.0 Å². The van der Waals surface area contributed by atoms with Crippen LogP contribution in [0, 0.1) is 10.8 Å². The van der Waals surface area contributed by atoms with Gasteiger partial charge in [-0.25, -0.2) is 21.6 Å². The van der Waals surface area contributed by atoms with Crippen LogP contribution in [-0.2, 0) is 47.9 Å². The number of nitrogens with two attached hydrogens (primary N) is 1. The predicted octanol–water partition coefficient (Wildman–Crippen LogP) is 6.17. The molecule has 0 aliphatic heterocycles. The van der Waals surface area contributed by atoms with Crippen molar-refractivity contribution in [2.24, 2.45) is 21.6 Å². The van der Waals surface area contributed by atoms with Gasteiger partial charge in [-0.15, -0.1) is 0 Å². The molecule has 2 aliphatic rings. The minimum absolute atomic E-state index is 0. The third-order valence-electron chi connectivity index (χ3n) is 8.32. The van der Waals surface area contributed by atoms with Gasteiger partial charge >= 0.3 is 46.7 Å². The molecule has 1 atom stereocenters. The molecule has 11 nitrogen and oxygen atoms in total. The molecule has 0 unspecified atom stereocenters. The van der Waals surface area contributed by atoms with Crippen LogP contribution in [0.5, 0.6) is 0 Å². The molecule has 0 bridgehead atoms. The Balaban J connectivity index is -0.000000611. The number of sulfone groups is 2. The summed E-state index contributed by atoms with van der Waals surface area (Å²) < 4.78 is 53.4. The summed E-state index contributed by atoms with van der Waals surface area (Å²) in [4.78, 5) is 36.0. The van der Waals surface area contributed by atoms with Crippen molar-refractivity contribution in [3.05, 3.63) is 0 Å². The van der Waals surface area contributed by atoms with Crippen LogP contribution < -0.4 is 5.73 Å². The molecule has 0 spiro atoms. The van der Waals surface area contributed by atoms with Gasteiger partial charge in [0.15, 0.2) is 19.7 Å². The van der Waals surface area contributed by atoms with Gasteiger partial charge < -0.3 is 15.9 Å². The number of carbonyl (C=O) groups excluding carboxylic acids is 1. The zero-order valence-electron chi connectivity index (χ0n) is 29.5. The predicted molar refractivity (Wildman–Crippen MR) is 191 cm³/mol. The van der Waals surface area contributed by atoms with Crippen molar-refractivity contribution in [3.63, 3.8) is 0 Å². The first kappa shape index (κ1) is 47.6. The summed E-state index contributed by atoms with van der Waals surface area (Å²) in [7, 11) is -6.63. The molecular weight excluding hydrogens is 786 g/mol. The summed E-state index contributed by atoms with van der Waals surface area (Å²) in [5, 5.41) is 17.7. The van der Waals surface area contributed by atoms with Gasteiger partial charge in [0.2, 0.25) is 6.08 Å². The van der Waals surface area contributed by atoms with Gasteiger partial charge in [-0.2, -0.15) is 4.99 Å².